The van der Waals surface area contributed by atoms with Gasteiger partial charge in [-0.3, -0.25) is 4.90 Å². The number of hydrogen-bond acceptors (Lipinski definition) is 3. The second kappa shape index (κ2) is 5.72. The Morgan fingerprint density at radius 1 is 1.28 bits per heavy atom. The Morgan fingerprint density at radius 3 is 2.44 bits per heavy atom. The zero-order valence-corrected chi connectivity index (χ0v) is 11.8. The van der Waals surface area contributed by atoms with Crippen LogP contribution in [-0.4, -0.2) is 38.1 Å². The summed E-state index contributed by atoms with van der Waals surface area (Å²) < 4.78 is 0. The molecule has 0 spiro atoms. The van der Waals surface area contributed by atoms with Crippen LogP contribution in [0, 0.1) is 5.92 Å². The molecule has 1 aromatic carbocycles. The van der Waals surface area contributed by atoms with Crippen LogP contribution in [0.3, 0.4) is 0 Å². The molecule has 0 aromatic heterocycles. The third kappa shape index (κ3) is 3.03. The highest BCUT2D eigenvalue weighted by molar-refractivity contribution is 5.45. The SMILES string of the molecule is CC1CC(CN)CN1Cc1ccc(N(C)C)cc1. The maximum atomic E-state index is 5.77. The summed E-state index contributed by atoms with van der Waals surface area (Å²) in [7, 11) is 4.15. The Balaban J connectivity index is 1.97. The van der Waals surface area contributed by atoms with E-state index in [0.717, 1.165) is 19.6 Å². The van der Waals surface area contributed by atoms with Crippen LogP contribution in [-0.2, 0) is 6.54 Å². The van der Waals surface area contributed by atoms with Gasteiger partial charge in [0.2, 0.25) is 0 Å². The summed E-state index contributed by atoms with van der Waals surface area (Å²) in [5.74, 6) is 0.682. The molecule has 2 N–H and O–H groups in total. The summed E-state index contributed by atoms with van der Waals surface area (Å²) >= 11 is 0. The van der Waals surface area contributed by atoms with Gasteiger partial charge in [0.25, 0.3) is 0 Å². The average Bonchev–Trinajstić information content (AvgIpc) is 2.71. The quantitative estimate of drug-likeness (QED) is 0.882. The lowest BCUT2D eigenvalue weighted by Gasteiger charge is -2.21. The lowest BCUT2D eigenvalue weighted by molar-refractivity contribution is 0.256. The summed E-state index contributed by atoms with van der Waals surface area (Å²) in [5.41, 5.74) is 8.42. The van der Waals surface area contributed by atoms with Crippen molar-refractivity contribution in [3.63, 3.8) is 0 Å². The van der Waals surface area contributed by atoms with E-state index in [9.17, 15) is 0 Å². The van der Waals surface area contributed by atoms with Crippen LogP contribution in [0.15, 0.2) is 24.3 Å². The van der Waals surface area contributed by atoms with Gasteiger partial charge >= 0.3 is 0 Å². The molecular formula is C15H25N3. The van der Waals surface area contributed by atoms with Crippen molar-refractivity contribution in [3.8, 4) is 0 Å². The first-order valence-corrected chi connectivity index (χ1v) is 6.80. The highest BCUT2D eigenvalue weighted by atomic mass is 15.2. The second-order valence-electron chi connectivity index (χ2n) is 5.68. The molecule has 1 aromatic rings. The Labute approximate surface area is 111 Å². The number of likely N-dealkylation sites (tertiary alicyclic amines) is 1. The molecule has 1 fully saturated rings. The first kappa shape index (κ1) is 13.4. The molecule has 2 rings (SSSR count). The number of anilines is 1. The monoisotopic (exact) mass is 247 g/mol. The molecule has 2 atom stereocenters. The fraction of sp³-hybridized carbons (Fsp3) is 0.600. The number of nitrogens with two attached hydrogens (primary N) is 1. The third-order valence-electron chi connectivity index (χ3n) is 3.96. The van der Waals surface area contributed by atoms with Crippen LogP contribution in [0.5, 0.6) is 0 Å². The second-order valence-corrected chi connectivity index (χ2v) is 5.68. The highest BCUT2D eigenvalue weighted by Gasteiger charge is 2.27. The van der Waals surface area contributed by atoms with Gasteiger partial charge in [0.05, 0.1) is 0 Å². The van der Waals surface area contributed by atoms with E-state index in [2.05, 4.69) is 55.1 Å². The smallest absolute Gasteiger partial charge is 0.0361 e. The van der Waals surface area contributed by atoms with Gasteiger partial charge in [0.15, 0.2) is 0 Å². The first-order chi connectivity index (χ1) is 8.60. The van der Waals surface area contributed by atoms with Crippen molar-refractivity contribution in [2.45, 2.75) is 25.9 Å². The van der Waals surface area contributed by atoms with Crippen molar-refractivity contribution >= 4 is 5.69 Å². The number of benzene rings is 1. The van der Waals surface area contributed by atoms with Crippen molar-refractivity contribution in [3.05, 3.63) is 29.8 Å². The minimum atomic E-state index is 0.659. The minimum Gasteiger partial charge on any atom is -0.378 e. The summed E-state index contributed by atoms with van der Waals surface area (Å²) in [6, 6.07) is 9.51. The lowest BCUT2D eigenvalue weighted by Crippen LogP contribution is -2.27. The Morgan fingerprint density at radius 2 is 1.94 bits per heavy atom. The molecule has 0 aliphatic carbocycles. The molecule has 1 saturated heterocycles. The van der Waals surface area contributed by atoms with Crippen molar-refractivity contribution in [1.82, 2.24) is 4.90 Å². The predicted molar refractivity (Wildman–Crippen MR) is 77.8 cm³/mol. The number of rotatable bonds is 4. The molecular weight excluding hydrogens is 222 g/mol. The van der Waals surface area contributed by atoms with Gasteiger partial charge in [-0.2, -0.15) is 0 Å². The van der Waals surface area contributed by atoms with E-state index in [4.69, 9.17) is 5.73 Å². The number of hydrogen-bond donors (Lipinski definition) is 1. The van der Waals surface area contributed by atoms with E-state index in [1.165, 1.54) is 17.7 Å². The Kier molecular flexibility index (Phi) is 4.25. The topological polar surface area (TPSA) is 32.5 Å². The average molecular weight is 247 g/mol. The predicted octanol–water partition coefficient (Wildman–Crippen LogP) is 1.92. The molecule has 100 valence electrons. The molecule has 2 unspecified atom stereocenters. The standard InChI is InChI=1S/C15H25N3/c1-12-8-14(9-16)11-18(12)10-13-4-6-15(7-5-13)17(2)3/h4-7,12,14H,8-11,16H2,1-3H3. The van der Waals surface area contributed by atoms with Gasteiger partial charge in [-0.1, -0.05) is 12.1 Å². The van der Waals surface area contributed by atoms with Crippen molar-refractivity contribution in [2.75, 3.05) is 32.1 Å². The zero-order chi connectivity index (χ0) is 13.1. The van der Waals surface area contributed by atoms with E-state index >= 15 is 0 Å². The van der Waals surface area contributed by atoms with Crippen molar-refractivity contribution < 1.29 is 0 Å². The Hall–Kier alpha value is -1.06. The summed E-state index contributed by atoms with van der Waals surface area (Å²) in [6.07, 6.45) is 1.24. The van der Waals surface area contributed by atoms with Crippen molar-refractivity contribution in [1.29, 1.82) is 0 Å². The lowest BCUT2D eigenvalue weighted by atomic mass is 10.1. The molecule has 0 radical (unpaired) electrons. The first-order valence-electron chi connectivity index (χ1n) is 6.80. The van der Waals surface area contributed by atoms with E-state index in [1.807, 2.05) is 0 Å². The van der Waals surface area contributed by atoms with E-state index in [0.29, 0.717) is 12.0 Å². The third-order valence-corrected chi connectivity index (χ3v) is 3.96. The van der Waals surface area contributed by atoms with Crippen LogP contribution in [0.2, 0.25) is 0 Å². The van der Waals surface area contributed by atoms with Crippen LogP contribution < -0.4 is 10.6 Å². The minimum absolute atomic E-state index is 0.659. The van der Waals surface area contributed by atoms with Gasteiger partial charge in [0, 0.05) is 38.9 Å². The normalized spacial score (nSPS) is 24.4. The molecule has 3 nitrogen and oxygen atoms in total. The molecule has 0 amide bonds. The van der Waals surface area contributed by atoms with Gasteiger partial charge < -0.3 is 10.6 Å². The van der Waals surface area contributed by atoms with Crippen LogP contribution in [0.1, 0.15) is 18.9 Å². The fourth-order valence-corrected chi connectivity index (χ4v) is 2.74. The molecule has 0 saturated carbocycles. The fourth-order valence-electron chi connectivity index (χ4n) is 2.74. The maximum absolute atomic E-state index is 5.77. The summed E-state index contributed by atoms with van der Waals surface area (Å²) in [4.78, 5) is 4.68. The van der Waals surface area contributed by atoms with Gasteiger partial charge in [-0.15, -0.1) is 0 Å². The molecule has 0 bridgehead atoms. The van der Waals surface area contributed by atoms with E-state index in [1.54, 1.807) is 0 Å². The van der Waals surface area contributed by atoms with Crippen LogP contribution >= 0.6 is 0 Å². The summed E-state index contributed by atoms with van der Waals surface area (Å²) in [5, 5.41) is 0. The van der Waals surface area contributed by atoms with Gasteiger partial charge in [-0.05, 0) is 43.5 Å². The van der Waals surface area contributed by atoms with Gasteiger partial charge in [-0.25, -0.2) is 0 Å². The van der Waals surface area contributed by atoms with E-state index < -0.39 is 0 Å². The largest absolute Gasteiger partial charge is 0.378 e. The molecule has 3 heteroatoms. The zero-order valence-electron chi connectivity index (χ0n) is 11.8. The Bertz CT molecular complexity index is 372. The van der Waals surface area contributed by atoms with Crippen molar-refractivity contribution in [2.24, 2.45) is 11.7 Å². The van der Waals surface area contributed by atoms with Gasteiger partial charge in [0.1, 0.15) is 0 Å². The number of nitrogens with zero attached hydrogens (tertiary/aromatic N) is 2. The summed E-state index contributed by atoms with van der Waals surface area (Å²) in [6.45, 7) is 5.32. The molecule has 18 heavy (non-hydrogen) atoms. The molecule has 1 aliphatic rings. The highest BCUT2D eigenvalue weighted by Crippen LogP contribution is 2.24. The maximum Gasteiger partial charge on any atom is 0.0361 e. The molecule has 1 heterocycles. The van der Waals surface area contributed by atoms with E-state index in [-0.39, 0.29) is 0 Å². The van der Waals surface area contributed by atoms with Crippen LogP contribution in [0.25, 0.3) is 0 Å². The van der Waals surface area contributed by atoms with Crippen LogP contribution in [0.4, 0.5) is 5.69 Å². The molecule has 1 aliphatic heterocycles.